The van der Waals surface area contributed by atoms with Gasteiger partial charge in [-0.3, -0.25) is 9.59 Å². The van der Waals surface area contributed by atoms with Crippen molar-refractivity contribution >= 4 is 20.3 Å². The first kappa shape index (κ1) is 13.2. The molecule has 0 aromatic carbocycles. The molecule has 0 aliphatic rings. The van der Waals surface area contributed by atoms with E-state index in [1.807, 2.05) is 19.6 Å². The lowest BCUT2D eigenvalue weighted by molar-refractivity contribution is -0.156. The van der Waals surface area contributed by atoms with E-state index >= 15 is 0 Å². The minimum absolute atomic E-state index is 0.281. The lowest BCUT2D eigenvalue weighted by Crippen LogP contribution is -2.35. The third kappa shape index (κ3) is 5.01. The van der Waals surface area contributed by atoms with Gasteiger partial charge in [-0.15, -0.1) is 0 Å². The first-order chi connectivity index (χ1) is 6.28. The van der Waals surface area contributed by atoms with E-state index in [1.54, 1.807) is 6.92 Å². The molecule has 0 N–H and O–H groups in total. The van der Waals surface area contributed by atoms with Gasteiger partial charge in [-0.1, -0.05) is 0 Å². The van der Waals surface area contributed by atoms with E-state index in [2.05, 4.69) is 0 Å². The quantitative estimate of drug-likeness (QED) is 0.408. The van der Waals surface area contributed by atoms with Crippen molar-refractivity contribution in [1.29, 1.82) is 0 Å². The Morgan fingerprint density at radius 1 is 1.21 bits per heavy atom. The Morgan fingerprint density at radius 3 is 2.07 bits per heavy atom. The maximum Gasteiger partial charge on any atom is 0.319 e. The van der Waals surface area contributed by atoms with E-state index in [0.717, 1.165) is 0 Å². The van der Waals surface area contributed by atoms with Gasteiger partial charge in [0.2, 0.25) is 8.32 Å². The molecule has 0 saturated carbocycles. The van der Waals surface area contributed by atoms with Crippen molar-refractivity contribution in [2.24, 2.45) is 5.92 Å². The number of carbonyl (C=O) groups excluding carboxylic acids is 2. The van der Waals surface area contributed by atoms with Crippen molar-refractivity contribution in [2.75, 3.05) is 6.61 Å². The minimum atomic E-state index is -1.91. The predicted molar refractivity (Wildman–Crippen MR) is 55.2 cm³/mol. The molecule has 0 bridgehead atoms. The zero-order valence-electron chi connectivity index (χ0n) is 9.42. The molecule has 82 valence electrons. The van der Waals surface area contributed by atoms with Crippen LogP contribution >= 0.6 is 0 Å². The summed E-state index contributed by atoms with van der Waals surface area (Å²) in [6.45, 7) is 9.16. The Labute approximate surface area is 85.7 Å². The Kier molecular flexibility index (Phi) is 4.83. The van der Waals surface area contributed by atoms with E-state index in [4.69, 9.17) is 9.16 Å². The lowest BCUT2D eigenvalue weighted by Gasteiger charge is -2.19. The topological polar surface area (TPSA) is 52.6 Å². The average Bonchev–Trinajstić information content (AvgIpc) is 2.00. The maximum atomic E-state index is 11.4. The summed E-state index contributed by atoms with van der Waals surface area (Å²) < 4.78 is 9.88. The highest BCUT2D eigenvalue weighted by atomic mass is 28.4. The van der Waals surface area contributed by atoms with Gasteiger partial charge in [0.25, 0.3) is 0 Å². The second kappa shape index (κ2) is 5.14. The fourth-order valence-corrected chi connectivity index (χ4v) is 1.53. The molecule has 0 amide bonds. The molecule has 0 rings (SSSR count). The molecular formula is C9H18O4Si. The summed E-state index contributed by atoms with van der Waals surface area (Å²) in [7, 11) is -1.91. The number of hydrogen-bond donors (Lipinski definition) is 0. The first-order valence-electron chi connectivity index (χ1n) is 4.67. The molecule has 0 aliphatic heterocycles. The Morgan fingerprint density at radius 2 is 1.71 bits per heavy atom. The molecule has 0 fully saturated rings. The largest absolute Gasteiger partial charge is 0.519 e. The van der Waals surface area contributed by atoms with E-state index < -0.39 is 26.2 Å². The number of esters is 1. The highest BCUT2D eigenvalue weighted by Crippen LogP contribution is 2.09. The number of hydrogen-bond acceptors (Lipinski definition) is 4. The van der Waals surface area contributed by atoms with Gasteiger partial charge in [-0.05, 0) is 33.5 Å². The maximum absolute atomic E-state index is 11.4. The Hall–Kier alpha value is -0.843. The van der Waals surface area contributed by atoms with Gasteiger partial charge >= 0.3 is 11.9 Å². The van der Waals surface area contributed by atoms with Gasteiger partial charge in [0.1, 0.15) is 5.92 Å². The van der Waals surface area contributed by atoms with Crippen LogP contribution in [0.2, 0.25) is 19.6 Å². The number of carbonyl (C=O) groups is 2. The van der Waals surface area contributed by atoms with Gasteiger partial charge in [-0.25, -0.2) is 0 Å². The van der Waals surface area contributed by atoms with Crippen LogP contribution in [-0.2, 0) is 18.8 Å². The van der Waals surface area contributed by atoms with E-state index in [9.17, 15) is 9.59 Å². The van der Waals surface area contributed by atoms with Crippen LogP contribution in [0.25, 0.3) is 0 Å². The normalized spacial score (nSPS) is 13.2. The highest BCUT2D eigenvalue weighted by molar-refractivity contribution is 6.71. The minimum Gasteiger partial charge on any atom is -0.519 e. The lowest BCUT2D eigenvalue weighted by atomic mass is 10.2. The van der Waals surface area contributed by atoms with Crippen molar-refractivity contribution in [3.8, 4) is 0 Å². The summed E-state index contributed by atoms with van der Waals surface area (Å²) in [5.74, 6) is -1.82. The van der Waals surface area contributed by atoms with Gasteiger partial charge in [0, 0.05) is 0 Å². The van der Waals surface area contributed by atoms with Crippen LogP contribution in [0.5, 0.6) is 0 Å². The fraction of sp³-hybridized carbons (Fsp3) is 0.778. The van der Waals surface area contributed by atoms with Crippen molar-refractivity contribution in [3.63, 3.8) is 0 Å². The summed E-state index contributed by atoms with van der Waals surface area (Å²) in [4.78, 5) is 22.5. The summed E-state index contributed by atoms with van der Waals surface area (Å²) >= 11 is 0. The first-order valence-corrected chi connectivity index (χ1v) is 8.08. The zero-order chi connectivity index (χ0) is 11.4. The molecule has 0 aliphatic carbocycles. The van der Waals surface area contributed by atoms with Crippen molar-refractivity contribution in [2.45, 2.75) is 33.5 Å². The SMILES string of the molecule is CCOC(=O)C(C)C(=O)O[Si](C)(C)C. The number of rotatable bonds is 4. The second-order valence-corrected chi connectivity index (χ2v) is 8.44. The molecule has 5 heteroatoms. The van der Waals surface area contributed by atoms with Crippen molar-refractivity contribution < 1.29 is 18.8 Å². The third-order valence-electron chi connectivity index (χ3n) is 1.40. The van der Waals surface area contributed by atoms with Crippen LogP contribution < -0.4 is 0 Å². The van der Waals surface area contributed by atoms with Gasteiger partial charge in [-0.2, -0.15) is 0 Å². The smallest absolute Gasteiger partial charge is 0.319 e. The zero-order valence-corrected chi connectivity index (χ0v) is 10.4. The summed E-state index contributed by atoms with van der Waals surface area (Å²) in [6.07, 6.45) is 0. The van der Waals surface area contributed by atoms with Gasteiger partial charge in [0.15, 0.2) is 0 Å². The molecule has 1 atom stereocenters. The molecular weight excluding hydrogens is 200 g/mol. The van der Waals surface area contributed by atoms with Gasteiger partial charge in [0.05, 0.1) is 6.61 Å². The average molecular weight is 218 g/mol. The van der Waals surface area contributed by atoms with Crippen LogP contribution in [0, 0.1) is 5.92 Å². The monoisotopic (exact) mass is 218 g/mol. The third-order valence-corrected chi connectivity index (χ3v) is 2.21. The summed E-state index contributed by atoms with van der Waals surface area (Å²) in [6, 6.07) is 0. The van der Waals surface area contributed by atoms with Crippen LogP contribution in [-0.4, -0.2) is 26.9 Å². The summed E-state index contributed by atoms with van der Waals surface area (Å²) in [5, 5.41) is 0. The molecule has 0 aromatic heterocycles. The molecule has 14 heavy (non-hydrogen) atoms. The van der Waals surface area contributed by atoms with E-state index in [0.29, 0.717) is 0 Å². The van der Waals surface area contributed by atoms with E-state index in [1.165, 1.54) is 6.92 Å². The predicted octanol–water partition coefficient (Wildman–Crippen LogP) is 1.56. The molecule has 4 nitrogen and oxygen atoms in total. The van der Waals surface area contributed by atoms with Gasteiger partial charge < -0.3 is 9.16 Å². The number of ether oxygens (including phenoxy) is 1. The summed E-state index contributed by atoms with van der Waals surface area (Å²) in [5.41, 5.74) is 0. The van der Waals surface area contributed by atoms with Crippen LogP contribution in [0.15, 0.2) is 0 Å². The van der Waals surface area contributed by atoms with Crippen LogP contribution in [0.1, 0.15) is 13.8 Å². The van der Waals surface area contributed by atoms with E-state index in [-0.39, 0.29) is 6.61 Å². The molecule has 0 spiro atoms. The molecule has 0 heterocycles. The highest BCUT2D eigenvalue weighted by Gasteiger charge is 2.29. The molecule has 0 radical (unpaired) electrons. The second-order valence-electron chi connectivity index (χ2n) is 4.01. The fourth-order valence-electron chi connectivity index (χ4n) is 0.754. The standard InChI is InChI=1S/C9H18O4Si/c1-6-12-8(10)7(2)9(11)13-14(3,4)5/h7H,6H2,1-5H3. The molecule has 1 unspecified atom stereocenters. The molecule has 0 saturated heterocycles. The van der Waals surface area contributed by atoms with Crippen LogP contribution in [0.3, 0.4) is 0 Å². The van der Waals surface area contributed by atoms with Crippen LogP contribution in [0.4, 0.5) is 0 Å². The molecule has 0 aromatic rings. The van der Waals surface area contributed by atoms with Crippen molar-refractivity contribution in [3.05, 3.63) is 0 Å². The Balaban J connectivity index is 4.19. The Bertz CT molecular complexity index is 219. The van der Waals surface area contributed by atoms with Crippen molar-refractivity contribution in [1.82, 2.24) is 0 Å².